The SMILES string of the molecule is C=C(C)CCNc1ccccc1[N+](=O)[O-]. The van der Waals surface area contributed by atoms with E-state index in [0.717, 1.165) is 12.0 Å². The van der Waals surface area contributed by atoms with E-state index in [1.165, 1.54) is 6.07 Å². The van der Waals surface area contributed by atoms with Crippen LogP contribution < -0.4 is 5.32 Å². The molecule has 1 aromatic carbocycles. The van der Waals surface area contributed by atoms with Gasteiger partial charge in [-0.3, -0.25) is 10.1 Å². The molecule has 1 aromatic rings. The Labute approximate surface area is 88.8 Å². The highest BCUT2D eigenvalue weighted by Crippen LogP contribution is 2.22. The summed E-state index contributed by atoms with van der Waals surface area (Å²) < 4.78 is 0. The van der Waals surface area contributed by atoms with Crippen molar-refractivity contribution in [2.24, 2.45) is 0 Å². The van der Waals surface area contributed by atoms with Crippen LogP contribution in [-0.4, -0.2) is 11.5 Å². The van der Waals surface area contributed by atoms with E-state index >= 15 is 0 Å². The van der Waals surface area contributed by atoms with Gasteiger partial charge in [-0.15, -0.1) is 6.58 Å². The van der Waals surface area contributed by atoms with Crippen LogP contribution in [0.15, 0.2) is 36.4 Å². The molecule has 0 bridgehead atoms. The van der Waals surface area contributed by atoms with Crippen molar-refractivity contribution in [3.05, 3.63) is 46.5 Å². The van der Waals surface area contributed by atoms with Gasteiger partial charge in [0.25, 0.3) is 5.69 Å². The van der Waals surface area contributed by atoms with Crippen molar-refractivity contribution in [2.45, 2.75) is 13.3 Å². The molecule has 0 amide bonds. The predicted molar refractivity (Wildman–Crippen MR) is 61.0 cm³/mol. The van der Waals surface area contributed by atoms with E-state index in [1.807, 2.05) is 6.92 Å². The van der Waals surface area contributed by atoms with Gasteiger partial charge < -0.3 is 5.32 Å². The zero-order valence-electron chi connectivity index (χ0n) is 8.69. The van der Waals surface area contributed by atoms with Crippen LogP contribution in [0.25, 0.3) is 0 Å². The number of hydrogen-bond donors (Lipinski definition) is 1. The van der Waals surface area contributed by atoms with Gasteiger partial charge in [0.2, 0.25) is 0 Å². The Kier molecular flexibility index (Phi) is 3.85. The van der Waals surface area contributed by atoms with Crippen molar-refractivity contribution < 1.29 is 4.92 Å². The fourth-order valence-corrected chi connectivity index (χ4v) is 1.19. The highest BCUT2D eigenvalue weighted by Gasteiger charge is 2.10. The van der Waals surface area contributed by atoms with E-state index < -0.39 is 0 Å². The van der Waals surface area contributed by atoms with Crippen molar-refractivity contribution in [1.82, 2.24) is 0 Å². The van der Waals surface area contributed by atoms with Gasteiger partial charge in [-0.05, 0) is 19.4 Å². The lowest BCUT2D eigenvalue weighted by atomic mass is 10.2. The minimum atomic E-state index is -0.386. The highest BCUT2D eigenvalue weighted by molar-refractivity contribution is 5.61. The number of nitrogens with zero attached hydrogens (tertiary/aromatic N) is 1. The second kappa shape index (κ2) is 5.14. The van der Waals surface area contributed by atoms with E-state index in [0.29, 0.717) is 12.2 Å². The first-order valence-electron chi connectivity index (χ1n) is 4.73. The smallest absolute Gasteiger partial charge is 0.292 e. The van der Waals surface area contributed by atoms with Crippen LogP contribution in [0, 0.1) is 10.1 Å². The lowest BCUT2D eigenvalue weighted by molar-refractivity contribution is -0.384. The Morgan fingerprint density at radius 2 is 2.20 bits per heavy atom. The lowest BCUT2D eigenvalue weighted by Gasteiger charge is -2.06. The van der Waals surface area contributed by atoms with Gasteiger partial charge in [-0.1, -0.05) is 17.7 Å². The van der Waals surface area contributed by atoms with Gasteiger partial charge in [0.15, 0.2) is 0 Å². The number of nitro groups is 1. The fourth-order valence-electron chi connectivity index (χ4n) is 1.19. The summed E-state index contributed by atoms with van der Waals surface area (Å²) in [5, 5.41) is 13.7. The van der Waals surface area contributed by atoms with Gasteiger partial charge in [-0.2, -0.15) is 0 Å². The molecule has 0 saturated heterocycles. The minimum absolute atomic E-state index is 0.110. The Morgan fingerprint density at radius 3 is 2.80 bits per heavy atom. The molecule has 0 fully saturated rings. The molecule has 0 aliphatic carbocycles. The molecule has 0 radical (unpaired) electrons. The van der Waals surface area contributed by atoms with Crippen LogP contribution in [0.4, 0.5) is 11.4 Å². The number of rotatable bonds is 5. The molecule has 80 valence electrons. The third-order valence-corrected chi connectivity index (χ3v) is 1.97. The third kappa shape index (κ3) is 3.42. The molecule has 4 heteroatoms. The molecular formula is C11H14N2O2. The molecule has 0 unspecified atom stereocenters. The van der Waals surface area contributed by atoms with Crippen LogP contribution in [0.5, 0.6) is 0 Å². The number of para-hydroxylation sites is 2. The van der Waals surface area contributed by atoms with Gasteiger partial charge >= 0.3 is 0 Å². The Morgan fingerprint density at radius 1 is 1.53 bits per heavy atom. The summed E-state index contributed by atoms with van der Waals surface area (Å²) in [5.74, 6) is 0. The molecule has 0 spiro atoms. The normalized spacial score (nSPS) is 9.67. The van der Waals surface area contributed by atoms with Gasteiger partial charge in [-0.25, -0.2) is 0 Å². The summed E-state index contributed by atoms with van der Waals surface area (Å²) in [5.41, 5.74) is 1.73. The Bertz CT molecular complexity index is 375. The van der Waals surface area contributed by atoms with Crippen molar-refractivity contribution in [3.8, 4) is 0 Å². The van der Waals surface area contributed by atoms with Crippen molar-refractivity contribution in [3.63, 3.8) is 0 Å². The first-order valence-corrected chi connectivity index (χ1v) is 4.73. The molecular weight excluding hydrogens is 192 g/mol. The topological polar surface area (TPSA) is 55.2 Å². The predicted octanol–water partition coefficient (Wildman–Crippen LogP) is 2.97. The summed E-state index contributed by atoms with van der Waals surface area (Å²) in [4.78, 5) is 10.3. The average Bonchev–Trinajstić information content (AvgIpc) is 2.17. The molecule has 0 heterocycles. The highest BCUT2D eigenvalue weighted by atomic mass is 16.6. The van der Waals surface area contributed by atoms with Gasteiger partial charge in [0.05, 0.1) is 4.92 Å². The van der Waals surface area contributed by atoms with Crippen molar-refractivity contribution in [2.75, 3.05) is 11.9 Å². The molecule has 0 aromatic heterocycles. The largest absolute Gasteiger partial charge is 0.379 e. The minimum Gasteiger partial charge on any atom is -0.379 e. The van der Waals surface area contributed by atoms with Crippen LogP contribution in [-0.2, 0) is 0 Å². The van der Waals surface area contributed by atoms with Crippen LogP contribution in [0.2, 0.25) is 0 Å². The summed E-state index contributed by atoms with van der Waals surface area (Å²) in [6.07, 6.45) is 0.812. The zero-order valence-corrected chi connectivity index (χ0v) is 8.69. The maximum absolute atomic E-state index is 10.7. The van der Waals surface area contributed by atoms with Gasteiger partial charge in [0.1, 0.15) is 5.69 Å². The van der Waals surface area contributed by atoms with Crippen LogP contribution in [0.3, 0.4) is 0 Å². The van der Waals surface area contributed by atoms with E-state index in [2.05, 4.69) is 11.9 Å². The maximum Gasteiger partial charge on any atom is 0.292 e. The van der Waals surface area contributed by atoms with E-state index in [-0.39, 0.29) is 10.6 Å². The third-order valence-electron chi connectivity index (χ3n) is 1.97. The van der Waals surface area contributed by atoms with E-state index in [9.17, 15) is 10.1 Å². The first-order chi connectivity index (χ1) is 7.11. The van der Waals surface area contributed by atoms with Gasteiger partial charge in [0, 0.05) is 12.6 Å². The summed E-state index contributed by atoms with van der Waals surface area (Å²) >= 11 is 0. The fraction of sp³-hybridized carbons (Fsp3) is 0.273. The first kappa shape index (κ1) is 11.2. The zero-order chi connectivity index (χ0) is 11.3. The van der Waals surface area contributed by atoms with Crippen LogP contribution >= 0.6 is 0 Å². The summed E-state index contributed by atoms with van der Waals surface area (Å²) in [6.45, 7) is 6.37. The number of benzene rings is 1. The Hall–Kier alpha value is -1.84. The molecule has 0 saturated carbocycles. The molecule has 0 atom stereocenters. The maximum atomic E-state index is 10.7. The monoisotopic (exact) mass is 206 g/mol. The molecule has 1 N–H and O–H groups in total. The lowest BCUT2D eigenvalue weighted by Crippen LogP contribution is -2.04. The number of nitro benzene ring substituents is 1. The van der Waals surface area contributed by atoms with Crippen LogP contribution in [0.1, 0.15) is 13.3 Å². The summed E-state index contributed by atoms with van der Waals surface area (Å²) in [7, 11) is 0. The summed E-state index contributed by atoms with van der Waals surface area (Å²) in [6, 6.07) is 6.62. The van der Waals surface area contributed by atoms with E-state index in [1.54, 1.807) is 18.2 Å². The van der Waals surface area contributed by atoms with E-state index in [4.69, 9.17) is 0 Å². The quantitative estimate of drug-likeness (QED) is 0.457. The average molecular weight is 206 g/mol. The molecule has 4 nitrogen and oxygen atoms in total. The number of anilines is 1. The second-order valence-electron chi connectivity index (χ2n) is 3.41. The van der Waals surface area contributed by atoms with Crippen molar-refractivity contribution in [1.29, 1.82) is 0 Å². The Balaban J connectivity index is 2.67. The standard InChI is InChI=1S/C11H14N2O2/c1-9(2)7-8-12-10-5-3-4-6-11(10)13(14)15/h3-6,12H,1,7-8H2,2H3. The second-order valence-corrected chi connectivity index (χ2v) is 3.41. The molecule has 15 heavy (non-hydrogen) atoms. The number of nitrogens with one attached hydrogen (secondary N) is 1. The van der Waals surface area contributed by atoms with Crippen molar-refractivity contribution >= 4 is 11.4 Å². The molecule has 0 aliphatic heterocycles. The molecule has 0 aliphatic rings. The number of hydrogen-bond acceptors (Lipinski definition) is 3. The molecule has 1 rings (SSSR count).